The Balaban J connectivity index is 1.47. The Morgan fingerprint density at radius 1 is 1.15 bits per heavy atom. The normalized spacial score (nSPS) is 17.0. The third kappa shape index (κ3) is 4.30. The molecule has 0 unspecified atom stereocenters. The summed E-state index contributed by atoms with van der Waals surface area (Å²) in [7, 11) is 0. The van der Waals surface area contributed by atoms with Crippen LogP contribution in [0, 0.1) is 0 Å². The van der Waals surface area contributed by atoms with Crippen molar-refractivity contribution in [2.45, 2.75) is 24.9 Å². The molecule has 2 heterocycles. The monoisotopic (exact) mass is 374 g/mol. The van der Waals surface area contributed by atoms with E-state index in [1.54, 1.807) is 11.4 Å². The number of hydrogen-bond donors (Lipinski definition) is 3. The zero-order chi connectivity index (χ0) is 18.6. The minimum Gasteiger partial charge on any atom is -0.477 e. The summed E-state index contributed by atoms with van der Waals surface area (Å²) in [6, 6.07) is 11.3. The molecule has 0 saturated carbocycles. The molecule has 0 spiro atoms. The maximum absolute atomic E-state index is 12.1. The highest BCUT2D eigenvalue weighted by molar-refractivity contribution is 7.12. The molecule has 1 aliphatic heterocycles. The summed E-state index contributed by atoms with van der Waals surface area (Å²) in [4.78, 5) is 25.5. The van der Waals surface area contributed by atoms with Gasteiger partial charge in [-0.05, 0) is 29.9 Å². The Morgan fingerprint density at radius 2 is 1.85 bits per heavy atom. The number of rotatable bonds is 6. The topological polar surface area (TPSA) is 89.9 Å². The smallest absolute Gasteiger partial charge is 0.348 e. The summed E-state index contributed by atoms with van der Waals surface area (Å²) in [6.07, 6.45) is 1.55. The number of hydrogen-bond acceptors (Lipinski definition) is 5. The van der Waals surface area contributed by atoms with Crippen molar-refractivity contribution in [3.8, 4) is 0 Å². The number of carboxylic acids is 1. The number of amides is 1. The van der Waals surface area contributed by atoms with Crippen molar-refractivity contribution in [1.82, 2.24) is 4.90 Å². The lowest BCUT2D eigenvalue weighted by atomic mass is 9.84. The van der Waals surface area contributed by atoms with Gasteiger partial charge in [0.25, 0.3) is 0 Å². The average Bonchev–Trinajstić information content (AvgIpc) is 3.10. The van der Waals surface area contributed by atoms with Gasteiger partial charge < -0.3 is 20.4 Å². The fraction of sp³-hybridized carbons (Fsp3) is 0.368. The molecular formula is C19H22N2O4S. The van der Waals surface area contributed by atoms with Crippen LogP contribution in [0.3, 0.4) is 0 Å². The van der Waals surface area contributed by atoms with Crippen molar-refractivity contribution >= 4 is 28.9 Å². The van der Waals surface area contributed by atoms with Crippen LogP contribution in [0.4, 0.5) is 5.69 Å². The second-order valence-corrected chi connectivity index (χ2v) is 7.42. The number of anilines is 1. The van der Waals surface area contributed by atoms with E-state index in [9.17, 15) is 14.7 Å². The lowest BCUT2D eigenvalue weighted by Crippen LogP contribution is -2.43. The third-order valence-corrected chi connectivity index (χ3v) is 5.69. The second kappa shape index (κ2) is 7.99. The van der Waals surface area contributed by atoms with E-state index < -0.39 is 11.6 Å². The maximum Gasteiger partial charge on any atom is 0.348 e. The van der Waals surface area contributed by atoms with Crippen LogP contribution in [-0.4, -0.2) is 46.6 Å². The van der Waals surface area contributed by atoms with Crippen molar-refractivity contribution in [3.63, 3.8) is 0 Å². The summed E-state index contributed by atoms with van der Waals surface area (Å²) in [5.74, 6) is -1.23. The van der Waals surface area contributed by atoms with E-state index in [0.717, 1.165) is 30.0 Å². The van der Waals surface area contributed by atoms with Gasteiger partial charge in [-0.15, -0.1) is 11.3 Å². The number of piperidine rings is 1. The summed E-state index contributed by atoms with van der Waals surface area (Å²) in [5, 5.41) is 24.2. The summed E-state index contributed by atoms with van der Waals surface area (Å²) >= 11 is 1.09. The predicted molar refractivity (Wildman–Crippen MR) is 101 cm³/mol. The van der Waals surface area contributed by atoms with E-state index in [1.165, 1.54) is 0 Å². The number of carbonyl (C=O) groups is 2. The SMILES string of the molecule is O=C(CCN1CCC(O)(c2ccccc2)CC1)Nc1ccsc1C(=O)O. The molecule has 1 fully saturated rings. The van der Waals surface area contributed by atoms with Gasteiger partial charge in [0.15, 0.2) is 0 Å². The molecule has 7 heteroatoms. The van der Waals surface area contributed by atoms with Crippen LogP contribution in [0.5, 0.6) is 0 Å². The molecule has 1 aromatic carbocycles. The standard InChI is InChI=1S/C19H22N2O4S/c22-16(20-15-7-13-26-17(15)18(23)24)6-10-21-11-8-19(25,9-12-21)14-4-2-1-3-5-14/h1-5,7,13,25H,6,8-12H2,(H,20,22)(H,23,24). The van der Waals surface area contributed by atoms with Gasteiger partial charge in [-0.2, -0.15) is 0 Å². The zero-order valence-corrected chi connectivity index (χ0v) is 15.2. The fourth-order valence-corrected chi connectivity index (χ4v) is 3.92. The molecule has 26 heavy (non-hydrogen) atoms. The van der Waals surface area contributed by atoms with Crippen molar-refractivity contribution in [3.05, 3.63) is 52.2 Å². The molecule has 3 rings (SSSR count). The van der Waals surface area contributed by atoms with Gasteiger partial charge in [0.2, 0.25) is 5.91 Å². The lowest BCUT2D eigenvalue weighted by Gasteiger charge is -2.38. The number of carbonyl (C=O) groups excluding carboxylic acids is 1. The first-order chi connectivity index (χ1) is 12.5. The minimum atomic E-state index is -1.04. The molecule has 1 aliphatic rings. The Bertz CT molecular complexity index is 767. The zero-order valence-electron chi connectivity index (χ0n) is 14.4. The third-order valence-electron chi connectivity index (χ3n) is 4.78. The Labute approximate surface area is 156 Å². The highest BCUT2D eigenvalue weighted by Crippen LogP contribution is 2.32. The second-order valence-electron chi connectivity index (χ2n) is 6.51. The van der Waals surface area contributed by atoms with Crippen LogP contribution >= 0.6 is 11.3 Å². The number of nitrogens with one attached hydrogen (secondary N) is 1. The molecule has 2 aromatic rings. The predicted octanol–water partition coefficient (Wildman–Crippen LogP) is 2.76. The molecule has 138 valence electrons. The molecule has 6 nitrogen and oxygen atoms in total. The van der Waals surface area contributed by atoms with Gasteiger partial charge in [-0.3, -0.25) is 4.79 Å². The van der Waals surface area contributed by atoms with Gasteiger partial charge in [-0.25, -0.2) is 4.79 Å². The lowest BCUT2D eigenvalue weighted by molar-refractivity contribution is -0.116. The number of aliphatic hydroxyl groups is 1. The van der Waals surface area contributed by atoms with Crippen LogP contribution in [0.1, 0.15) is 34.5 Å². The largest absolute Gasteiger partial charge is 0.477 e. The minimum absolute atomic E-state index is 0.143. The number of aromatic carboxylic acids is 1. The number of nitrogens with zero attached hydrogens (tertiary/aromatic N) is 1. The average molecular weight is 374 g/mol. The van der Waals surface area contributed by atoms with Gasteiger partial charge in [0.1, 0.15) is 4.88 Å². The van der Waals surface area contributed by atoms with Gasteiger partial charge in [-0.1, -0.05) is 30.3 Å². The molecule has 3 N–H and O–H groups in total. The highest BCUT2D eigenvalue weighted by atomic mass is 32.1. The number of thiophene rings is 1. The van der Waals surface area contributed by atoms with E-state index in [2.05, 4.69) is 10.2 Å². The molecule has 1 aromatic heterocycles. The van der Waals surface area contributed by atoms with Crippen LogP contribution in [0.15, 0.2) is 41.8 Å². The molecule has 0 bridgehead atoms. The van der Waals surface area contributed by atoms with Crippen LogP contribution < -0.4 is 5.32 Å². The van der Waals surface area contributed by atoms with Crippen molar-refractivity contribution in [1.29, 1.82) is 0 Å². The molecule has 0 aliphatic carbocycles. The highest BCUT2D eigenvalue weighted by Gasteiger charge is 2.33. The Morgan fingerprint density at radius 3 is 2.50 bits per heavy atom. The fourth-order valence-electron chi connectivity index (χ4n) is 3.23. The van der Waals surface area contributed by atoms with E-state index in [-0.39, 0.29) is 10.8 Å². The quantitative estimate of drug-likeness (QED) is 0.723. The van der Waals surface area contributed by atoms with Crippen molar-refractivity contribution in [2.24, 2.45) is 0 Å². The number of benzene rings is 1. The van der Waals surface area contributed by atoms with Crippen LogP contribution in [0.2, 0.25) is 0 Å². The summed E-state index contributed by atoms with van der Waals surface area (Å²) in [6.45, 7) is 2.03. The van der Waals surface area contributed by atoms with Gasteiger partial charge in [0, 0.05) is 26.1 Å². The van der Waals surface area contributed by atoms with Crippen LogP contribution in [0.25, 0.3) is 0 Å². The molecular weight excluding hydrogens is 352 g/mol. The van der Waals surface area contributed by atoms with Crippen molar-refractivity contribution in [2.75, 3.05) is 25.0 Å². The van der Waals surface area contributed by atoms with Crippen molar-refractivity contribution < 1.29 is 19.8 Å². The first-order valence-corrected chi connectivity index (χ1v) is 9.47. The van der Waals surface area contributed by atoms with E-state index in [1.807, 2.05) is 30.3 Å². The van der Waals surface area contributed by atoms with Gasteiger partial charge >= 0.3 is 5.97 Å². The molecule has 0 atom stereocenters. The number of carboxylic acid groups (broad SMARTS) is 1. The first kappa shape index (κ1) is 18.6. The van der Waals surface area contributed by atoms with Crippen LogP contribution in [-0.2, 0) is 10.4 Å². The van der Waals surface area contributed by atoms with Gasteiger partial charge in [0.05, 0.1) is 11.3 Å². The Kier molecular flexibility index (Phi) is 5.70. The first-order valence-electron chi connectivity index (χ1n) is 8.59. The molecule has 1 saturated heterocycles. The van der Waals surface area contributed by atoms with E-state index in [4.69, 9.17) is 5.11 Å². The molecule has 0 radical (unpaired) electrons. The molecule has 1 amide bonds. The maximum atomic E-state index is 12.1. The summed E-state index contributed by atoms with van der Waals surface area (Å²) in [5.41, 5.74) is 0.494. The number of likely N-dealkylation sites (tertiary alicyclic amines) is 1. The Hall–Kier alpha value is -2.22. The van der Waals surface area contributed by atoms with E-state index in [0.29, 0.717) is 31.5 Å². The summed E-state index contributed by atoms with van der Waals surface area (Å²) < 4.78 is 0. The van der Waals surface area contributed by atoms with E-state index >= 15 is 0 Å².